The highest BCUT2D eigenvalue weighted by atomic mass is 15.1. The Balaban J connectivity index is 1.94. The molecule has 1 nitrogen and oxygen atoms in total. The SMILES string of the molecule is CC(C=CN1CCCC1)c1ccccc1. The molecule has 1 unspecified atom stereocenters. The van der Waals surface area contributed by atoms with E-state index in [2.05, 4.69) is 54.4 Å². The first kappa shape index (κ1) is 10.3. The molecular formula is C14H19N. The molecule has 1 aromatic rings. The van der Waals surface area contributed by atoms with Crippen LogP contribution in [-0.4, -0.2) is 18.0 Å². The van der Waals surface area contributed by atoms with Gasteiger partial charge in [0.15, 0.2) is 0 Å². The Morgan fingerprint density at radius 2 is 1.80 bits per heavy atom. The topological polar surface area (TPSA) is 3.24 Å². The predicted molar refractivity (Wildman–Crippen MR) is 64.8 cm³/mol. The van der Waals surface area contributed by atoms with Gasteiger partial charge in [0.05, 0.1) is 0 Å². The summed E-state index contributed by atoms with van der Waals surface area (Å²) >= 11 is 0. The summed E-state index contributed by atoms with van der Waals surface area (Å²) in [5.74, 6) is 0.520. The molecular weight excluding hydrogens is 182 g/mol. The van der Waals surface area contributed by atoms with E-state index >= 15 is 0 Å². The van der Waals surface area contributed by atoms with Crippen molar-refractivity contribution in [3.63, 3.8) is 0 Å². The lowest BCUT2D eigenvalue weighted by molar-refractivity contribution is 0.465. The molecule has 80 valence electrons. The standard InChI is InChI=1S/C14H19N/c1-13(14-7-3-2-4-8-14)9-12-15-10-5-6-11-15/h2-4,7-9,12-13H,5-6,10-11H2,1H3. The van der Waals surface area contributed by atoms with Crippen LogP contribution in [0.4, 0.5) is 0 Å². The van der Waals surface area contributed by atoms with Gasteiger partial charge in [-0.15, -0.1) is 0 Å². The monoisotopic (exact) mass is 201 g/mol. The Bertz CT molecular complexity index is 309. The summed E-state index contributed by atoms with van der Waals surface area (Å²) in [6.07, 6.45) is 7.28. The minimum Gasteiger partial charge on any atom is -0.378 e. The molecule has 0 aliphatic carbocycles. The molecule has 1 fully saturated rings. The molecule has 1 atom stereocenters. The van der Waals surface area contributed by atoms with Crippen LogP contribution < -0.4 is 0 Å². The number of allylic oxidation sites excluding steroid dienone is 1. The number of rotatable bonds is 3. The third-order valence-electron chi connectivity index (χ3n) is 3.05. The third kappa shape index (κ3) is 2.85. The smallest absolute Gasteiger partial charge is 0.0173 e. The highest BCUT2D eigenvalue weighted by Crippen LogP contribution is 2.17. The molecule has 0 amide bonds. The minimum absolute atomic E-state index is 0.520. The van der Waals surface area contributed by atoms with Gasteiger partial charge in [-0.3, -0.25) is 0 Å². The van der Waals surface area contributed by atoms with Crippen molar-refractivity contribution in [1.29, 1.82) is 0 Å². The number of hydrogen-bond acceptors (Lipinski definition) is 1. The zero-order valence-electron chi connectivity index (χ0n) is 9.39. The van der Waals surface area contributed by atoms with Crippen molar-refractivity contribution in [3.8, 4) is 0 Å². The molecule has 1 aromatic carbocycles. The van der Waals surface area contributed by atoms with Crippen LogP contribution in [0, 0.1) is 0 Å². The maximum absolute atomic E-state index is 2.42. The van der Waals surface area contributed by atoms with Gasteiger partial charge in [-0.05, 0) is 24.6 Å². The van der Waals surface area contributed by atoms with E-state index in [1.54, 1.807) is 0 Å². The summed E-state index contributed by atoms with van der Waals surface area (Å²) in [6, 6.07) is 10.7. The fraction of sp³-hybridized carbons (Fsp3) is 0.429. The van der Waals surface area contributed by atoms with Crippen molar-refractivity contribution in [2.24, 2.45) is 0 Å². The highest BCUT2D eigenvalue weighted by Gasteiger charge is 2.07. The first-order chi connectivity index (χ1) is 7.36. The Morgan fingerprint density at radius 1 is 1.13 bits per heavy atom. The van der Waals surface area contributed by atoms with Crippen molar-refractivity contribution in [2.45, 2.75) is 25.7 Å². The lowest BCUT2D eigenvalue weighted by Gasteiger charge is -2.12. The molecule has 2 rings (SSSR count). The van der Waals surface area contributed by atoms with Gasteiger partial charge in [-0.2, -0.15) is 0 Å². The normalized spacial score (nSPS) is 18.6. The van der Waals surface area contributed by atoms with Gasteiger partial charge < -0.3 is 4.90 Å². The first-order valence-electron chi connectivity index (χ1n) is 5.83. The number of nitrogens with zero attached hydrogens (tertiary/aromatic N) is 1. The molecule has 1 aliphatic heterocycles. The van der Waals surface area contributed by atoms with Crippen molar-refractivity contribution in [3.05, 3.63) is 48.2 Å². The average molecular weight is 201 g/mol. The zero-order chi connectivity index (χ0) is 10.5. The highest BCUT2D eigenvalue weighted by molar-refractivity contribution is 5.22. The molecule has 0 bridgehead atoms. The van der Waals surface area contributed by atoms with Gasteiger partial charge in [0.2, 0.25) is 0 Å². The first-order valence-corrected chi connectivity index (χ1v) is 5.83. The van der Waals surface area contributed by atoms with Crippen molar-refractivity contribution < 1.29 is 0 Å². The summed E-state index contributed by atoms with van der Waals surface area (Å²) in [5, 5.41) is 0. The lowest BCUT2D eigenvalue weighted by Crippen LogP contribution is -2.10. The number of benzene rings is 1. The van der Waals surface area contributed by atoms with Crippen LogP contribution in [0.15, 0.2) is 42.6 Å². The summed E-state index contributed by atoms with van der Waals surface area (Å²) in [4.78, 5) is 2.42. The van der Waals surface area contributed by atoms with Crippen LogP contribution in [0.2, 0.25) is 0 Å². The summed E-state index contributed by atoms with van der Waals surface area (Å²) < 4.78 is 0. The molecule has 0 saturated carbocycles. The maximum atomic E-state index is 2.42. The van der Waals surface area contributed by atoms with Crippen molar-refractivity contribution in [2.75, 3.05) is 13.1 Å². The average Bonchev–Trinajstić information content (AvgIpc) is 2.80. The second-order valence-electron chi connectivity index (χ2n) is 4.28. The Hall–Kier alpha value is -1.24. The largest absolute Gasteiger partial charge is 0.378 e. The second kappa shape index (κ2) is 5.01. The quantitative estimate of drug-likeness (QED) is 0.724. The van der Waals surface area contributed by atoms with Gasteiger partial charge in [0.1, 0.15) is 0 Å². The molecule has 0 aromatic heterocycles. The molecule has 1 aliphatic rings. The number of hydrogen-bond donors (Lipinski definition) is 0. The molecule has 15 heavy (non-hydrogen) atoms. The van der Waals surface area contributed by atoms with E-state index in [9.17, 15) is 0 Å². The Kier molecular flexibility index (Phi) is 3.44. The van der Waals surface area contributed by atoms with E-state index < -0.39 is 0 Å². The molecule has 0 spiro atoms. The molecule has 0 N–H and O–H groups in total. The van der Waals surface area contributed by atoms with E-state index in [1.807, 2.05) is 0 Å². The van der Waals surface area contributed by atoms with Gasteiger partial charge in [-0.1, -0.05) is 43.3 Å². The van der Waals surface area contributed by atoms with Crippen molar-refractivity contribution in [1.82, 2.24) is 4.90 Å². The van der Waals surface area contributed by atoms with Crippen LogP contribution >= 0.6 is 0 Å². The number of likely N-dealkylation sites (tertiary alicyclic amines) is 1. The Morgan fingerprint density at radius 3 is 2.47 bits per heavy atom. The van der Waals surface area contributed by atoms with Crippen molar-refractivity contribution >= 4 is 0 Å². The van der Waals surface area contributed by atoms with E-state index in [-0.39, 0.29) is 0 Å². The van der Waals surface area contributed by atoms with Gasteiger partial charge in [0.25, 0.3) is 0 Å². The third-order valence-corrected chi connectivity index (χ3v) is 3.05. The van der Waals surface area contributed by atoms with Crippen LogP contribution in [0.25, 0.3) is 0 Å². The van der Waals surface area contributed by atoms with Gasteiger partial charge in [-0.25, -0.2) is 0 Å². The lowest BCUT2D eigenvalue weighted by atomic mass is 10.0. The van der Waals surface area contributed by atoms with Crippen LogP contribution in [-0.2, 0) is 0 Å². The summed E-state index contributed by atoms with van der Waals surface area (Å²) in [6.45, 7) is 4.72. The maximum Gasteiger partial charge on any atom is 0.0173 e. The van der Waals surface area contributed by atoms with E-state index in [1.165, 1.54) is 31.5 Å². The molecule has 1 heteroatoms. The second-order valence-corrected chi connectivity index (χ2v) is 4.28. The van der Waals surface area contributed by atoms with E-state index in [0.717, 1.165) is 0 Å². The van der Waals surface area contributed by atoms with Gasteiger partial charge in [0, 0.05) is 19.0 Å². The molecule has 1 heterocycles. The fourth-order valence-corrected chi connectivity index (χ4v) is 2.01. The summed E-state index contributed by atoms with van der Waals surface area (Å²) in [7, 11) is 0. The Labute approximate surface area is 92.4 Å². The fourth-order valence-electron chi connectivity index (χ4n) is 2.01. The summed E-state index contributed by atoms with van der Waals surface area (Å²) in [5.41, 5.74) is 1.40. The van der Waals surface area contributed by atoms with Crippen LogP contribution in [0.5, 0.6) is 0 Å². The molecule has 0 radical (unpaired) electrons. The molecule has 1 saturated heterocycles. The van der Waals surface area contributed by atoms with E-state index in [0.29, 0.717) is 5.92 Å². The zero-order valence-corrected chi connectivity index (χ0v) is 9.39. The van der Waals surface area contributed by atoms with Crippen LogP contribution in [0.3, 0.4) is 0 Å². The van der Waals surface area contributed by atoms with Gasteiger partial charge >= 0.3 is 0 Å². The predicted octanol–water partition coefficient (Wildman–Crippen LogP) is 3.40. The van der Waals surface area contributed by atoms with Crippen LogP contribution in [0.1, 0.15) is 31.2 Å². The minimum atomic E-state index is 0.520. The van der Waals surface area contributed by atoms with E-state index in [4.69, 9.17) is 0 Å².